The summed E-state index contributed by atoms with van der Waals surface area (Å²) in [5, 5.41) is 0. The summed E-state index contributed by atoms with van der Waals surface area (Å²) in [7, 11) is 2.17. The monoisotopic (exact) mass is 229 g/mol. The van der Waals surface area contributed by atoms with Gasteiger partial charge in [0, 0.05) is 37.4 Å². The molecule has 0 amide bonds. The van der Waals surface area contributed by atoms with E-state index < -0.39 is 0 Å². The van der Waals surface area contributed by atoms with Crippen LogP contribution in [-0.4, -0.2) is 44.7 Å². The maximum absolute atomic E-state index is 5.35. The fourth-order valence-electron chi connectivity index (χ4n) is 1.97. The van der Waals surface area contributed by atoms with Crippen LogP contribution in [0.2, 0.25) is 0 Å². The number of benzene rings is 1. The van der Waals surface area contributed by atoms with Crippen molar-refractivity contribution in [2.24, 2.45) is 5.73 Å². The largest absolute Gasteiger partial charge is 0.369 e. The molecule has 1 aromatic carbocycles. The summed E-state index contributed by atoms with van der Waals surface area (Å²) in [4.78, 5) is 4.78. The number of anilines is 1. The number of nitrogens with zero attached hydrogens (tertiary/aromatic N) is 2. The van der Waals surface area contributed by atoms with E-state index in [0.717, 1.165) is 31.7 Å². The summed E-state index contributed by atoms with van der Waals surface area (Å²) >= 11 is 0. The average molecular weight is 229 g/mol. The Morgan fingerprint density at radius 2 is 1.76 bits per heavy atom. The first-order chi connectivity index (χ1) is 8.29. The van der Waals surface area contributed by atoms with Crippen molar-refractivity contribution in [2.45, 2.75) is 0 Å². The molecule has 0 atom stereocenters. The first-order valence-corrected chi connectivity index (χ1v) is 6.02. The molecule has 3 nitrogen and oxygen atoms in total. The molecule has 0 unspecified atom stereocenters. The van der Waals surface area contributed by atoms with Gasteiger partial charge in [-0.15, -0.1) is 0 Å². The molecule has 0 saturated carbocycles. The highest BCUT2D eigenvalue weighted by Gasteiger charge is 2.13. The van der Waals surface area contributed by atoms with Gasteiger partial charge in [0.2, 0.25) is 0 Å². The van der Waals surface area contributed by atoms with Gasteiger partial charge in [0.1, 0.15) is 0 Å². The third kappa shape index (κ3) is 3.23. The van der Waals surface area contributed by atoms with Crippen LogP contribution < -0.4 is 10.6 Å². The molecule has 0 radical (unpaired) electrons. The van der Waals surface area contributed by atoms with Crippen LogP contribution in [0.3, 0.4) is 0 Å². The van der Waals surface area contributed by atoms with E-state index in [4.69, 9.17) is 5.73 Å². The van der Waals surface area contributed by atoms with Crippen molar-refractivity contribution in [2.75, 3.05) is 44.7 Å². The van der Waals surface area contributed by atoms with Crippen molar-refractivity contribution in [1.82, 2.24) is 4.90 Å². The highest BCUT2D eigenvalue weighted by molar-refractivity contribution is 5.50. The van der Waals surface area contributed by atoms with Crippen LogP contribution >= 0.6 is 0 Å². The first-order valence-electron chi connectivity index (χ1n) is 6.02. The normalized spacial score (nSPS) is 16.5. The van der Waals surface area contributed by atoms with Gasteiger partial charge in [0.05, 0.1) is 6.54 Å². The highest BCUT2D eigenvalue weighted by atomic mass is 15.2. The van der Waals surface area contributed by atoms with Gasteiger partial charge in [-0.25, -0.2) is 0 Å². The Balaban J connectivity index is 2.02. The minimum absolute atomic E-state index is 0.417. The quantitative estimate of drug-likeness (QED) is 0.721. The Hall–Kier alpha value is -1.50. The van der Waals surface area contributed by atoms with Crippen LogP contribution in [-0.2, 0) is 0 Å². The maximum atomic E-state index is 5.35. The predicted molar refractivity (Wildman–Crippen MR) is 72.1 cm³/mol. The Bertz CT molecular complexity index is 405. The minimum atomic E-state index is 0.417. The molecule has 1 heterocycles. The fraction of sp³-hybridized carbons (Fsp3) is 0.429. The van der Waals surface area contributed by atoms with Gasteiger partial charge in [0.15, 0.2) is 0 Å². The van der Waals surface area contributed by atoms with Crippen molar-refractivity contribution < 1.29 is 0 Å². The average Bonchev–Trinajstić information content (AvgIpc) is 2.38. The summed E-state index contributed by atoms with van der Waals surface area (Å²) in [6, 6.07) is 8.42. The zero-order valence-electron chi connectivity index (χ0n) is 10.3. The van der Waals surface area contributed by atoms with Crippen LogP contribution in [0.25, 0.3) is 0 Å². The number of likely N-dealkylation sites (N-methyl/N-ethyl adjacent to an activating group) is 1. The SMILES string of the molecule is CN1CCN(c2ccc(C#CCN)cc2)CC1. The molecule has 0 bridgehead atoms. The first kappa shape index (κ1) is 12.0. The lowest BCUT2D eigenvalue weighted by atomic mass is 10.2. The molecule has 90 valence electrons. The second-order valence-electron chi connectivity index (χ2n) is 4.34. The van der Waals surface area contributed by atoms with Crippen LogP contribution in [0.1, 0.15) is 5.56 Å². The molecule has 1 saturated heterocycles. The standard InChI is InChI=1S/C14H19N3/c1-16-9-11-17(12-10-16)14-6-4-13(5-7-14)3-2-8-15/h4-7H,8-12,15H2,1H3. The number of piperazine rings is 1. The molecule has 1 aliphatic rings. The van der Waals surface area contributed by atoms with E-state index in [1.807, 2.05) is 0 Å². The molecular weight excluding hydrogens is 210 g/mol. The van der Waals surface area contributed by atoms with E-state index in [1.54, 1.807) is 0 Å². The third-order valence-corrected chi connectivity index (χ3v) is 3.07. The van der Waals surface area contributed by atoms with Crippen LogP contribution in [0.4, 0.5) is 5.69 Å². The summed E-state index contributed by atoms with van der Waals surface area (Å²) in [6.07, 6.45) is 0. The fourth-order valence-corrected chi connectivity index (χ4v) is 1.97. The van der Waals surface area contributed by atoms with Crippen molar-refractivity contribution in [3.63, 3.8) is 0 Å². The molecule has 0 spiro atoms. The number of hydrogen-bond donors (Lipinski definition) is 1. The number of nitrogens with two attached hydrogens (primary N) is 1. The maximum Gasteiger partial charge on any atom is 0.0555 e. The zero-order chi connectivity index (χ0) is 12.1. The summed E-state index contributed by atoms with van der Waals surface area (Å²) in [5.74, 6) is 5.91. The van der Waals surface area contributed by atoms with Gasteiger partial charge >= 0.3 is 0 Å². The van der Waals surface area contributed by atoms with Gasteiger partial charge in [-0.2, -0.15) is 0 Å². The second-order valence-corrected chi connectivity index (χ2v) is 4.34. The Kier molecular flexibility index (Phi) is 4.03. The number of hydrogen-bond acceptors (Lipinski definition) is 3. The van der Waals surface area contributed by atoms with Crippen molar-refractivity contribution in [3.05, 3.63) is 29.8 Å². The molecule has 0 aliphatic carbocycles. The van der Waals surface area contributed by atoms with Gasteiger partial charge in [0.25, 0.3) is 0 Å². The zero-order valence-corrected chi connectivity index (χ0v) is 10.3. The molecule has 17 heavy (non-hydrogen) atoms. The van der Waals surface area contributed by atoms with E-state index in [2.05, 4.69) is 53.0 Å². The molecule has 1 aromatic rings. The lowest BCUT2D eigenvalue weighted by Crippen LogP contribution is -2.44. The summed E-state index contributed by atoms with van der Waals surface area (Å²) in [6.45, 7) is 4.89. The Labute approximate surface area is 103 Å². The lowest BCUT2D eigenvalue weighted by Gasteiger charge is -2.34. The molecular formula is C14H19N3. The molecule has 2 rings (SSSR count). The van der Waals surface area contributed by atoms with Crippen LogP contribution in [0.5, 0.6) is 0 Å². The van der Waals surface area contributed by atoms with Gasteiger partial charge in [-0.05, 0) is 31.3 Å². The number of rotatable bonds is 1. The molecule has 1 aliphatic heterocycles. The lowest BCUT2D eigenvalue weighted by molar-refractivity contribution is 0.313. The van der Waals surface area contributed by atoms with Crippen molar-refractivity contribution in [1.29, 1.82) is 0 Å². The summed E-state index contributed by atoms with van der Waals surface area (Å²) < 4.78 is 0. The van der Waals surface area contributed by atoms with E-state index >= 15 is 0 Å². The van der Waals surface area contributed by atoms with Crippen LogP contribution in [0, 0.1) is 11.8 Å². The predicted octanol–water partition coefficient (Wildman–Crippen LogP) is 0.749. The van der Waals surface area contributed by atoms with Crippen molar-refractivity contribution in [3.8, 4) is 11.8 Å². The Morgan fingerprint density at radius 1 is 1.12 bits per heavy atom. The van der Waals surface area contributed by atoms with E-state index in [-0.39, 0.29) is 0 Å². The topological polar surface area (TPSA) is 32.5 Å². The van der Waals surface area contributed by atoms with Gasteiger partial charge in [-0.1, -0.05) is 11.8 Å². The van der Waals surface area contributed by atoms with Crippen LogP contribution in [0.15, 0.2) is 24.3 Å². The molecule has 1 fully saturated rings. The van der Waals surface area contributed by atoms with E-state index in [1.165, 1.54) is 5.69 Å². The second kappa shape index (κ2) is 5.72. The smallest absolute Gasteiger partial charge is 0.0555 e. The molecule has 3 heteroatoms. The summed E-state index contributed by atoms with van der Waals surface area (Å²) in [5.41, 5.74) is 7.67. The molecule has 2 N–H and O–H groups in total. The Morgan fingerprint density at radius 3 is 2.35 bits per heavy atom. The van der Waals surface area contributed by atoms with Gasteiger partial charge < -0.3 is 15.5 Å². The highest BCUT2D eigenvalue weighted by Crippen LogP contribution is 2.16. The third-order valence-electron chi connectivity index (χ3n) is 3.07. The van der Waals surface area contributed by atoms with Gasteiger partial charge in [-0.3, -0.25) is 0 Å². The van der Waals surface area contributed by atoms with E-state index in [9.17, 15) is 0 Å². The molecule has 0 aromatic heterocycles. The van der Waals surface area contributed by atoms with E-state index in [0.29, 0.717) is 6.54 Å². The minimum Gasteiger partial charge on any atom is -0.369 e. The van der Waals surface area contributed by atoms with Crippen molar-refractivity contribution >= 4 is 5.69 Å².